The van der Waals surface area contributed by atoms with Gasteiger partial charge in [0, 0.05) is 49.3 Å². The molecule has 32 heavy (non-hydrogen) atoms. The SMILES string of the molecule is COc1c(Nc2cc(C)[nH]n2)nc(Sc2ccc(CC(C)=O)cc2)nc1N1CCNCC1. The first-order chi connectivity index (χ1) is 15.5. The fraction of sp³-hybridized carbons (Fsp3) is 0.364. The maximum atomic E-state index is 11.4. The zero-order chi connectivity index (χ0) is 22.5. The van der Waals surface area contributed by atoms with Crippen molar-refractivity contribution in [1.82, 2.24) is 25.5 Å². The number of benzene rings is 1. The number of carbonyl (C=O) groups is 1. The van der Waals surface area contributed by atoms with Crippen molar-refractivity contribution in [3.8, 4) is 5.75 Å². The maximum Gasteiger partial charge on any atom is 0.204 e. The number of hydrogen-bond acceptors (Lipinski definition) is 9. The monoisotopic (exact) mass is 453 g/mol. The second-order valence-corrected chi connectivity index (χ2v) is 8.68. The highest BCUT2D eigenvalue weighted by Gasteiger charge is 2.23. The van der Waals surface area contributed by atoms with Gasteiger partial charge in [-0.25, -0.2) is 9.97 Å². The first kappa shape index (κ1) is 22.1. The van der Waals surface area contributed by atoms with Crippen LogP contribution in [0.2, 0.25) is 0 Å². The number of aromatic amines is 1. The molecular weight excluding hydrogens is 426 g/mol. The lowest BCUT2D eigenvalue weighted by Gasteiger charge is -2.30. The number of carbonyl (C=O) groups excluding carboxylic acids is 1. The second kappa shape index (κ2) is 10.0. The van der Waals surface area contributed by atoms with E-state index in [2.05, 4.69) is 25.7 Å². The van der Waals surface area contributed by atoms with Gasteiger partial charge < -0.3 is 20.3 Å². The molecule has 0 bridgehead atoms. The van der Waals surface area contributed by atoms with E-state index in [1.165, 1.54) is 11.8 Å². The van der Waals surface area contributed by atoms with Crippen molar-refractivity contribution in [3.63, 3.8) is 0 Å². The van der Waals surface area contributed by atoms with Crippen molar-refractivity contribution in [3.05, 3.63) is 41.6 Å². The Morgan fingerprint density at radius 2 is 1.97 bits per heavy atom. The zero-order valence-electron chi connectivity index (χ0n) is 18.4. The van der Waals surface area contributed by atoms with Crippen LogP contribution in [0.5, 0.6) is 5.75 Å². The lowest BCUT2D eigenvalue weighted by molar-refractivity contribution is -0.116. The molecule has 168 valence electrons. The van der Waals surface area contributed by atoms with Gasteiger partial charge in [-0.15, -0.1) is 0 Å². The summed E-state index contributed by atoms with van der Waals surface area (Å²) in [5.74, 6) is 2.73. The van der Waals surface area contributed by atoms with Crippen molar-refractivity contribution in [2.45, 2.75) is 30.3 Å². The minimum absolute atomic E-state index is 0.147. The van der Waals surface area contributed by atoms with Gasteiger partial charge in [0.1, 0.15) is 5.78 Å². The highest BCUT2D eigenvalue weighted by molar-refractivity contribution is 7.99. The van der Waals surface area contributed by atoms with Gasteiger partial charge in [0.25, 0.3) is 0 Å². The number of rotatable bonds is 8. The molecule has 0 saturated carbocycles. The van der Waals surface area contributed by atoms with Crippen LogP contribution in [-0.4, -0.2) is 59.2 Å². The summed E-state index contributed by atoms with van der Waals surface area (Å²) in [6.45, 7) is 6.97. The van der Waals surface area contributed by atoms with Crippen LogP contribution in [0.15, 0.2) is 40.4 Å². The second-order valence-electron chi connectivity index (χ2n) is 7.63. The number of Topliss-reactive ketones (excluding diaryl/α,β-unsaturated/α-hetero) is 1. The minimum atomic E-state index is 0.147. The Kier molecular flexibility index (Phi) is 6.91. The van der Waals surface area contributed by atoms with Crippen LogP contribution in [0.4, 0.5) is 17.5 Å². The molecule has 3 heterocycles. The topological polar surface area (TPSA) is 108 Å². The number of H-pyrrole nitrogens is 1. The van der Waals surface area contributed by atoms with Gasteiger partial charge >= 0.3 is 0 Å². The molecule has 1 aromatic carbocycles. The molecule has 0 amide bonds. The minimum Gasteiger partial charge on any atom is -0.490 e. The molecule has 0 unspecified atom stereocenters. The van der Waals surface area contributed by atoms with Gasteiger partial charge in [0.15, 0.2) is 22.6 Å². The summed E-state index contributed by atoms with van der Waals surface area (Å²) in [4.78, 5) is 24.1. The number of piperazine rings is 1. The van der Waals surface area contributed by atoms with E-state index in [9.17, 15) is 4.79 Å². The van der Waals surface area contributed by atoms with Crippen LogP contribution in [-0.2, 0) is 11.2 Å². The van der Waals surface area contributed by atoms with E-state index >= 15 is 0 Å². The van der Waals surface area contributed by atoms with E-state index in [0.29, 0.717) is 29.0 Å². The number of ether oxygens (including phenoxy) is 1. The Balaban J connectivity index is 1.67. The van der Waals surface area contributed by atoms with Crippen LogP contribution in [0.3, 0.4) is 0 Å². The normalized spacial score (nSPS) is 13.8. The Morgan fingerprint density at radius 3 is 2.59 bits per heavy atom. The van der Waals surface area contributed by atoms with Crippen LogP contribution in [0, 0.1) is 6.92 Å². The predicted molar refractivity (Wildman–Crippen MR) is 125 cm³/mol. The smallest absolute Gasteiger partial charge is 0.204 e. The molecule has 1 fully saturated rings. The van der Waals surface area contributed by atoms with Crippen molar-refractivity contribution in [1.29, 1.82) is 0 Å². The number of methoxy groups -OCH3 is 1. The van der Waals surface area contributed by atoms with Gasteiger partial charge in [0.2, 0.25) is 5.75 Å². The quantitative estimate of drug-likeness (QED) is 0.444. The highest BCUT2D eigenvalue weighted by Crippen LogP contribution is 2.38. The summed E-state index contributed by atoms with van der Waals surface area (Å²) in [7, 11) is 1.63. The molecule has 0 aliphatic carbocycles. The summed E-state index contributed by atoms with van der Waals surface area (Å²) in [5, 5.41) is 14.4. The first-order valence-corrected chi connectivity index (χ1v) is 11.3. The molecule has 1 aliphatic rings. The predicted octanol–water partition coefficient (Wildman–Crippen LogP) is 2.95. The average Bonchev–Trinajstić information content (AvgIpc) is 3.19. The molecule has 10 heteroatoms. The molecule has 1 aliphatic heterocycles. The van der Waals surface area contributed by atoms with Crippen LogP contribution < -0.4 is 20.3 Å². The maximum absolute atomic E-state index is 11.4. The van der Waals surface area contributed by atoms with Crippen LogP contribution >= 0.6 is 11.8 Å². The molecule has 9 nitrogen and oxygen atoms in total. The molecular formula is C22H27N7O2S. The van der Waals surface area contributed by atoms with Crippen LogP contribution in [0.1, 0.15) is 18.2 Å². The molecule has 3 aromatic rings. The van der Waals surface area contributed by atoms with Crippen molar-refractivity contribution < 1.29 is 9.53 Å². The lowest BCUT2D eigenvalue weighted by Crippen LogP contribution is -2.44. The Labute approximate surface area is 191 Å². The Hall–Kier alpha value is -3.11. The third kappa shape index (κ3) is 5.38. The van der Waals surface area contributed by atoms with Crippen molar-refractivity contribution in [2.24, 2.45) is 0 Å². The van der Waals surface area contributed by atoms with Crippen LogP contribution in [0.25, 0.3) is 0 Å². The van der Waals surface area contributed by atoms with Gasteiger partial charge in [-0.05, 0) is 43.3 Å². The molecule has 3 N–H and O–H groups in total. The summed E-state index contributed by atoms with van der Waals surface area (Å²) in [6.07, 6.45) is 0.439. The lowest BCUT2D eigenvalue weighted by atomic mass is 10.1. The summed E-state index contributed by atoms with van der Waals surface area (Å²) in [6, 6.07) is 9.83. The van der Waals surface area contributed by atoms with E-state index in [4.69, 9.17) is 14.7 Å². The van der Waals surface area contributed by atoms with E-state index in [-0.39, 0.29) is 5.78 Å². The fourth-order valence-corrected chi connectivity index (χ4v) is 4.25. The third-order valence-corrected chi connectivity index (χ3v) is 5.86. The van der Waals surface area contributed by atoms with Crippen molar-refractivity contribution >= 4 is 35.0 Å². The van der Waals surface area contributed by atoms with E-state index in [0.717, 1.165) is 48.1 Å². The zero-order valence-corrected chi connectivity index (χ0v) is 19.3. The van der Waals surface area contributed by atoms with Crippen molar-refractivity contribution in [2.75, 3.05) is 43.5 Å². The number of aryl methyl sites for hydroxylation is 1. The number of aromatic nitrogens is 4. The molecule has 0 radical (unpaired) electrons. The Morgan fingerprint density at radius 1 is 1.22 bits per heavy atom. The summed E-state index contributed by atoms with van der Waals surface area (Å²) >= 11 is 1.47. The number of ketones is 1. The van der Waals surface area contributed by atoms with E-state index < -0.39 is 0 Å². The fourth-order valence-electron chi connectivity index (χ4n) is 3.50. The summed E-state index contributed by atoms with van der Waals surface area (Å²) in [5.41, 5.74) is 1.94. The Bertz CT molecular complexity index is 1080. The molecule has 0 atom stereocenters. The number of nitrogens with one attached hydrogen (secondary N) is 3. The van der Waals surface area contributed by atoms with E-state index in [1.807, 2.05) is 37.3 Å². The molecule has 2 aromatic heterocycles. The molecule has 0 spiro atoms. The molecule has 1 saturated heterocycles. The standard InChI is InChI=1S/C22H27N7O2S/c1-14-12-18(28-27-14)24-20-19(31-3)21(29-10-8-23-9-11-29)26-22(25-20)32-17-6-4-16(5-7-17)13-15(2)30/h4-7,12,23H,8-11,13H2,1-3H3,(H2,24,25,26,27,28). The van der Waals surface area contributed by atoms with Gasteiger partial charge in [0.05, 0.1) is 7.11 Å². The van der Waals surface area contributed by atoms with E-state index in [1.54, 1.807) is 14.0 Å². The van der Waals surface area contributed by atoms with Gasteiger partial charge in [-0.1, -0.05) is 12.1 Å². The first-order valence-electron chi connectivity index (χ1n) is 10.5. The summed E-state index contributed by atoms with van der Waals surface area (Å²) < 4.78 is 5.74. The molecule has 4 rings (SSSR count). The number of nitrogens with zero attached hydrogens (tertiary/aromatic N) is 4. The average molecular weight is 454 g/mol. The number of anilines is 3. The highest BCUT2D eigenvalue weighted by atomic mass is 32.2. The number of hydrogen-bond donors (Lipinski definition) is 3. The van der Waals surface area contributed by atoms with Gasteiger partial charge in [-0.3, -0.25) is 9.89 Å². The van der Waals surface area contributed by atoms with Gasteiger partial charge in [-0.2, -0.15) is 5.10 Å². The largest absolute Gasteiger partial charge is 0.490 e. The third-order valence-electron chi connectivity index (χ3n) is 4.99.